The molecule has 1 aromatic carbocycles. The number of hydrogen-bond acceptors (Lipinski definition) is 2. The van der Waals surface area contributed by atoms with Gasteiger partial charge in [-0.2, -0.15) is 0 Å². The van der Waals surface area contributed by atoms with Crippen LogP contribution in [0.15, 0.2) is 36.4 Å². The number of nitrogens with zero attached hydrogens (tertiary/aromatic N) is 1. The molecule has 0 amide bonds. The monoisotopic (exact) mass is 325 g/mol. The second-order valence-corrected chi connectivity index (χ2v) is 6.50. The molecule has 1 atom stereocenters. The van der Waals surface area contributed by atoms with Gasteiger partial charge in [0.2, 0.25) is 5.78 Å². The highest BCUT2D eigenvalue weighted by Crippen LogP contribution is 2.18. The Labute approximate surface area is 144 Å². The largest absolute Gasteiger partial charge is 0.345 e. The summed E-state index contributed by atoms with van der Waals surface area (Å²) in [4.78, 5) is 25.1. The minimum Gasteiger partial charge on any atom is -0.345 e. The van der Waals surface area contributed by atoms with Gasteiger partial charge in [0, 0.05) is 30.6 Å². The highest BCUT2D eigenvalue weighted by molar-refractivity contribution is 6.08. The van der Waals surface area contributed by atoms with E-state index < -0.39 is 0 Å². The van der Waals surface area contributed by atoms with Crippen LogP contribution in [0, 0.1) is 12.8 Å². The Morgan fingerprint density at radius 2 is 1.71 bits per heavy atom. The summed E-state index contributed by atoms with van der Waals surface area (Å²) in [7, 11) is 1.87. The van der Waals surface area contributed by atoms with Gasteiger partial charge >= 0.3 is 0 Å². The van der Waals surface area contributed by atoms with E-state index >= 15 is 0 Å². The molecule has 0 spiro atoms. The second kappa shape index (κ2) is 8.09. The Hall–Kier alpha value is -2.16. The Morgan fingerprint density at radius 1 is 1.04 bits per heavy atom. The highest BCUT2D eigenvalue weighted by atomic mass is 16.1. The quantitative estimate of drug-likeness (QED) is 0.670. The topological polar surface area (TPSA) is 39.1 Å². The normalized spacial score (nSPS) is 12.2. The maximum Gasteiger partial charge on any atom is 0.209 e. The van der Waals surface area contributed by atoms with Crippen molar-refractivity contribution < 1.29 is 9.59 Å². The second-order valence-electron chi connectivity index (χ2n) is 6.50. The van der Waals surface area contributed by atoms with Crippen LogP contribution in [-0.2, 0) is 18.3 Å². The number of aromatic nitrogens is 1. The molecule has 0 radical (unpaired) electrons. The fraction of sp³-hybridized carbons (Fsp3) is 0.429. The van der Waals surface area contributed by atoms with Crippen LogP contribution < -0.4 is 0 Å². The Kier molecular flexibility index (Phi) is 6.13. The van der Waals surface area contributed by atoms with Gasteiger partial charge in [0.15, 0.2) is 0 Å². The molecule has 2 aromatic rings. The summed E-state index contributed by atoms with van der Waals surface area (Å²) < 4.78 is 1.86. The van der Waals surface area contributed by atoms with Gasteiger partial charge in [0.1, 0.15) is 5.78 Å². The summed E-state index contributed by atoms with van der Waals surface area (Å²) in [5, 5.41) is 0. The van der Waals surface area contributed by atoms with Crippen molar-refractivity contribution in [2.24, 2.45) is 13.0 Å². The molecule has 0 aliphatic rings. The Balaban J connectivity index is 2.17. The lowest BCUT2D eigenvalue weighted by molar-refractivity contribution is -0.122. The number of rotatable bonds is 8. The van der Waals surface area contributed by atoms with Gasteiger partial charge < -0.3 is 4.57 Å². The molecule has 0 saturated carbocycles. The van der Waals surface area contributed by atoms with Gasteiger partial charge in [-0.05, 0) is 31.9 Å². The molecule has 0 fully saturated rings. The van der Waals surface area contributed by atoms with Crippen LogP contribution in [-0.4, -0.2) is 16.1 Å². The van der Waals surface area contributed by atoms with E-state index in [1.54, 1.807) is 0 Å². The number of Topliss-reactive ketones (excluding diaryl/α,β-unsaturated/α-hetero) is 1. The third-order valence-electron chi connectivity index (χ3n) is 4.71. The number of carbonyl (C=O) groups is 2. The third kappa shape index (κ3) is 4.02. The zero-order valence-corrected chi connectivity index (χ0v) is 15.1. The first-order chi connectivity index (χ1) is 11.5. The first-order valence-electron chi connectivity index (χ1n) is 8.76. The summed E-state index contributed by atoms with van der Waals surface area (Å²) in [5.41, 5.74) is 3.35. The molecule has 2 rings (SSSR count). The van der Waals surface area contributed by atoms with E-state index in [-0.39, 0.29) is 17.5 Å². The van der Waals surface area contributed by atoms with Crippen molar-refractivity contribution in [2.75, 3.05) is 0 Å². The van der Waals surface area contributed by atoms with Crippen LogP contribution in [0.1, 0.15) is 60.4 Å². The Morgan fingerprint density at radius 3 is 2.29 bits per heavy atom. The van der Waals surface area contributed by atoms with Crippen LogP contribution >= 0.6 is 0 Å². The average molecular weight is 325 g/mol. The molecule has 128 valence electrons. The van der Waals surface area contributed by atoms with Crippen molar-refractivity contribution in [3.8, 4) is 0 Å². The van der Waals surface area contributed by atoms with Gasteiger partial charge in [-0.1, -0.05) is 50.1 Å². The molecule has 1 unspecified atom stereocenters. The molecular weight excluding hydrogens is 298 g/mol. The predicted octanol–water partition coefficient (Wildman–Crippen LogP) is 4.50. The molecule has 0 N–H and O–H groups in total. The fourth-order valence-corrected chi connectivity index (χ4v) is 3.08. The zero-order chi connectivity index (χ0) is 17.7. The lowest BCUT2D eigenvalue weighted by atomic mass is 9.93. The SMILES string of the molecule is CCCC(CC)C(=O)Cc1ccc(C(=O)c2ccc(C)cc2)n1C. The van der Waals surface area contributed by atoms with E-state index in [9.17, 15) is 9.59 Å². The van der Waals surface area contributed by atoms with Crippen molar-refractivity contribution in [3.63, 3.8) is 0 Å². The lowest BCUT2D eigenvalue weighted by Gasteiger charge is -2.13. The molecule has 3 nitrogen and oxygen atoms in total. The minimum absolute atomic E-state index is 0.00296. The zero-order valence-electron chi connectivity index (χ0n) is 15.1. The molecular formula is C21H27NO2. The number of carbonyl (C=O) groups excluding carboxylic acids is 2. The van der Waals surface area contributed by atoms with Gasteiger partial charge in [-0.15, -0.1) is 0 Å². The summed E-state index contributed by atoms with van der Waals surface area (Å²) in [6, 6.07) is 11.3. The standard InChI is InChI=1S/C21H27NO2/c1-5-7-16(6-2)20(23)14-18-12-13-19(22(18)4)21(24)17-10-8-15(3)9-11-17/h8-13,16H,5-7,14H2,1-4H3. The van der Waals surface area contributed by atoms with Crippen LogP contribution in [0.3, 0.4) is 0 Å². The van der Waals surface area contributed by atoms with Crippen molar-refractivity contribution in [1.29, 1.82) is 0 Å². The maximum absolute atomic E-state index is 12.7. The van der Waals surface area contributed by atoms with E-state index in [2.05, 4.69) is 13.8 Å². The molecule has 24 heavy (non-hydrogen) atoms. The third-order valence-corrected chi connectivity index (χ3v) is 4.71. The van der Waals surface area contributed by atoms with Gasteiger partial charge in [-0.3, -0.25) is 9.59 Å². The molecule has 0 aliphatic heterocycles. The number of ketones is 2. The first-order valence-corrected chi connectivity index (χ1v) is 8.76. The van der Waals surface area contributed by atoms with Gasteiger partial charge in [0.05, 0.1) is 5.69 Å². The van der Waals surface area contributed by atoms with Crippen molar-refractivity contribution >= 4 is 11.6 Å². The molecule has 0 aliphatic carbocycles. The smallest absolute Gasteiger partial charge is 0.209 e. The summed E-state index contributed by atoms with van der Waals surface area (Å²) >= 11 is 0. The van der Waals surface area contributed by atoms with Crippen LogP contribution in [0.4, 0.5) is 0 Å². The number of aryl methyl sites for hydroxylation is 1. The van der Waals surface area contributed by atoms with Crippen LogP contribution in [0.2, 0.25) is 0 Å². The van der Waals surface area contributed by atoms with E-state index in [0.717, 1.165) is 30.5 Å². The van der Waals surface area contributed by atoms with E-state index in [4.69, 9.17) is 0 Å². The van der Waals surface area contributed by atoms with E-state index in [0.29, 0.717) is 17.7 Å². The number of benzene rings is 1. The first kappa shape index (κ1) is 18.2. The number of hydrogen-bond donors (Lipinski definition) is 0. The molecule has 1 aromatic heterocycles. The van der Waals surface area contributed by atoms with Crippen LogP contribution in [0.5, 0.6) is 0 Å². The average Bonchev–Trinajstić information content (AvgIpc) is 2.93. The van der Waals surface area contributed by atoms with E-state index in [1.165, 1.54) is 0 Å². The molecule has 3 heteroatoms. The van der Waals surface area contributed by atoms with Gasteiger partial charge in [0.25, 0.3) is 0 Å². The fourth-order valence-electron chi connectivity index (χ4n) is 3.08. The van der Waals surface area contributed by atoms with Crippen molar-refractivity contribution in [1.82, 2.24) is 4.57 Å². The Bertz CT molecular complexity index is 710. The summed E-state index contributed by atoms with van der Waals surface area (Å²) in [5.74, 6) is 0.396. The lowest BCUT2D eigenvalue weighted by Crippen LogP contribution is -2.18. The highest BCUT2D eigenvalue weighted by Gasteiger charge is 2.19. The molecule has 1 heterocycles. The summed E-state index contributed by atoms with van der Waals surface area (Å²) in [6.45, 7) is 6.17. The summed E-state index contributed by atoms with van der Waals surface area (Å²) in [6.07, 6.45) is 3.24. The minimum atomic E-state index is -0.00296. The molecule has 0 bridgehead atoms. The van der Waals surface area contributed by atoms with E-state index in [1.807, 2.05) is 54.9 Å². The van der Waals surface area contributed by atoms with Crippen LogP contribution in [0.25, 0.3) is 0 Å². The maximum atomic E-state index is 12.7. The molecule has 0 saturated heterocycles. The van der Waals surface area contributed by atoms with Crippen molar-refractivity contribution in [3.05, 3.63) is 58.9 Å². The van der Waals surface area contributed by atoms with Gasteiger partial charge in [-0.25, -0.2) is 0 Å². The van der Waals surface area contributed by atoms with Crippen molar-refractivity contribution in [2.45, 2.75) is 46.5 Å². The predicted molar refractivity (Wildman–Crippen MR) is 97.4 cm³/mol.